The van der Waals surface area contributed by atoms with Gasteiger partial charge in [0.15, 0.2) is 6.17 Å². The molecule has 3 N–H and O–H groups in total. The zero-order valence-electron chi connectivity index (χ0n) is 45.6. The number of rotatable bonds is 30. The first-order valence-electron chi connectivity index (χ1n) is 24.4. The molecule has 3 unspecified atom stereocenters. The van der Waals surface area contributed by atoms with E-state index in [1.54, 1.807) is 128 Å². The maximum atomic E-state index is 13.9. The van der Waals surface area contributed by atoms with E-state index >= 15 is 0 Å². The third-order valence-electron chi connectivity index (χ3n) is 9.23. The largest absolute Gasteiger partial charge is 0.460 e. The summed E-state index contributed by atoms with van der Waals surface area (Å²) >= 11 is 0. The summed E-state index contributed by atoms with van der Waals surface area (Å²) in [6.45, 7) is 17.1. The Morgan fingerprint density at radius 2 is 0.908 bits per heavy atom. The lowest BCUT2D eigenvalue weighted by molar-refractivity contribution is -0.167. The molecule has 0 aliphatic carbocycles. The van der Waals surface area contributed by atoms with Crippen LogP contribution in [-0.2, 0) is 95.2 Å². The van der Waals surface area contributed by atoms with Gasteiger partial charge in [0.25, 0.3) is 0 Å². The van der Waals surface area contributed by atoms with Gasteiger partial charge in [0.1, 0.15) is 35.6 Å². The Morgan fingerprint density at radius 1 is 0.500 bits per heavy atom. The number of sulfonamides is 1. The molecule has 2 aromatic carbocycles. The molecule has 0 fully saturated rings. The van der Waals surface area contributed by atoms with E-state index in [0.29, 0.717) is 15.4 Å². The van der Waals surface area contributed by atoms with Crippen LogP contribution in [0.1, 0.15) is 107 Å². The Bertz CT molecular complexity index is 2200. The third-order valence-corrected chi connectivity index (χ3v) is 12.5. The van der Waals surface area contributed by atoms with Crippen molar-refractivity contribution in [2.45, 2.75) is 143 Å². The summed E-state index contributed by atoms with van der Waals surface area (Å²) in [5.74, 6) is -4.71. The van der Waals surface area contributed by atoms with Gasteiger partial charge in [0, 0.05) is 13.2 Å². The van der Waals surface area contributed by atoms with Crippen LogP contribution in [0.4, 0.5) is 14.4 Å². The van der Waals surface area contributed by atoms with Crippen LogP contribution in [0.15, 0.2) is 60.7 Å². The molecule has 0 bridgehead atoms. The van der Waals surface area contributed by atoms with Crippen molar-refractivity contribution in [3.63, 3.8) is 0 Å². The van der Waals surface area contributed by atoms with E-state index in [1.165, 1.54) is 20.8 Å². The van der Waals surface area contributed by atoms with Gasteiger partial charge in [-0.05, 0) is 101 Å². The second kappa shape index (κ2) is 30.9. The molecule has 0 aliphatic rings. The molecule has 0 saturated carbocycles. The number of benzene rings is 2. The minimum Gasteiger partial charge on any atom is -0.460 e. The molecule has 0 radical (unpaired) electrons. The van der Waals surface area contributed by atoms with Crippen molar-refractivity contribution < 1.29 is 93.0 Å². The number of carbonyl (C=O) groups excluding carboxylic acids is 6. The van der Waals surface area contributed by atoms with E-state index in [-0.39, 0.29) is 72.5 Å². The topological polar surface area (TPSA) is 302 Å². The van der Waals surface area contributed by atoms with Crippen molar-refractivity contribution in [3.05, 3.63) is 71.8 Å². The monoisotopic (exact) mass is 1120 g/mol. The van der Waals surface area contributed by atoms with Gasteiger partial charge in [0.2, 0.25) is 10.0 Å². The van der Waals surface area contributed by atoms with Gasteiger partial charge >= 0.3 is 46.4 Å². The van der Waals surface area contributed by atoms with Gasteiger partial charge in [-0.15, -0.1) is 4.31 Å². The lowest BCUT2D eigenvalue weighted by atomic mass is 9.98. The number of ether oxygens (including phenoxy) is 10. The molecule has 2 aromatic rings. The Morgan fingerprint density at radius 3 is 1.36 bits per heavy atom. The summed E-state index contributed by atoms with van der Waals surface area (Å²) in [5, 5.41) is 0.496. The van der Waals surface area contributed by atoms with E-state index in [4.69, 9.17) is 47.4 Å². The lowest BCUT2D eigenvalue weighted by Gasteiger charge is -2.32. The lowest BCUT2D eigenvalue weighted by Crippen LogP contribution is -2.60. The minimum absolute atomic E-state index is 0.00582. The van der Waals surface area contributed by atoms with Crippen LogP contribution in [0.25, 0.3) is 0 Å². The average molecular weight is 1120 g/mol. The average Bonchev–Trinajstić information content (AvgIpc) is 3.27. The summed E-state index contributed by atoms with van der Waals surface area (Å²) in [7, 11) is -9.70. The summed E-state index contributed by atoms with van der Waals surface area (Å²) in [4.78, 5) is 78.6. The first-order chi connectivity index (χ1) is 35.2. The molecule has 76 heavy (non-hydrogen) atoms. The Labute approximate surface area is 447 Å². The first-order valence-corrected chi connectivity index (χ1v) is 27.4. The van der Waals surface area contributed by atoms with Gasteiger partial charge in [-0.1, -0.05) is 60.7 Å². The molecule has 3 amide bonds. The van der Waals surface area contributed by atoms with Gasteiger partial charge in [-0.3, -0.25) is 14.9 Å². The maximum Gasteiger partial charge on any atom is 0.422 e. The SMILES string of the molecule is CC(C)(C)OC(=O)CC(C(=O)OC(C)(C)C)C(CCOCCOCCOCCOCCN(C(NC(=O)OC(C)(C)C)C(=O)OC(C)(C)C)S(=O)(=O)NC(=O)OCc1ccccc1)S(=O)(=O)NC(=O)OCc1ccccc1. The zero-order chi connectivity index (χ0) is 57.4. The highest BCUT2D eigenvalue weighted by atomic mass is 32.2. The minimum atomic E-state index is -4.96. The molecular weight excluding hydrogens is 1040 g/mol. The fourth-order valence-electron chi connectivity index (χ4n) is 6.27. The van der Waals surface area contributed by atoms with Crippen molar-refractivity contribution in [1.29, 1.82) is 0 Å². The summed E-state index contributed by atoms with van der Waals surface area (Å²) in [6, 6.07) is 17.0. The highest BCUT2D eigenvalue weighted by Crippen LogP contribution is 2.26. The van der Waals surface area contributed by atoms with Crippen LogP contribution < -0.4 is 14.8 Å². The maximum absolute atomic E-state index is 13.9. The van der Waals surface area contributed by atoms with E-state index in [0.717, 1.165) is 0 Å². The number of carbonyl (C=O) groups is 6. The predicted octanol–water partition coefficient (Wildman–Crippen LogP) is 5.42. The zero-order valence-corrected chi connectivity index (χ0v) is 47.3. The van der Waals surface area contributed by atoms with Gasteiger partial charge in [0.05, 0.1) is 63.8 Å². The molecular formula is C50H78N4O20S2. The Kier molecular flexibility index (Phi) is 27.1. The molecule has 3 atom stereocenters. The molecule has 0 aromatic heterocycles. The van der Waals surface area contributed by atoms with Crippen molar-refractivity contribution in [1.82, 2.24) is 19.1 Å². The number of esters is 3. The quantitative estimate of drug-likeness (QED) is 0.0380. The molecule has 0 saturated heterocycles. The molecule has 0 spiro atoms. The number of hydrogen-bond donors (Lipinski definition) is 3. The molecule has 24 nitrogen and oxygen atoms in total. The van der Waals surface area contributed by atoms with Crippen LogP contribution in [0, 0.1) is 5.92 Å². The number of alkyl carbamates (subject to hydrolysis) is 1. The van der Waals surface area contributed by atoms with Crippen molar-refractivity contribution in [2.75, 3.05) is 59.4 Å². The second-order valence-electron chi connectivity index (χ2n) is 20.8. The molecule has 0 aliphatic heterocycles. The molecule has 0 heterocycles. The fraction of sp³-hybridized carbons (Fsp3) is 0.640. The molecule has 2 rings (SSSR count). The highest BCUT2D eigenvalue weighted by Gasteiger charge is 2.44. The molecule has 26 heteroatoms. The Hall–Kier alpha value is -5.64. The first kappa shape index (κ1) is 66.5. The number of hydrogen-bond acceptors (Lipinski definition) is 20. The summed E-state index contributed by atoms with van der Waals surface area (Å²) in [6.07, 6.45) is -6.95. The third kappa shape index (κ3) is 29.0. The van der Waals surface area contributed by atoms with Crippen LogP contribution in [0.2, 0.25) is 0 Å². The van der Waals surface area contributed by atoms with E-state index < -0.39 is 109 Å². The molecule has 430 valence electrons. The standard InChI is InChI=1S/C50H78N4O20S2/c1-47(2,3)71-40(55)33-38(42(56)72-48(4,5)6)39(75(61,62)52-45(59)69-34-36-19-15-13-16-20-36)23-25-65-27-29-67-31-32-68-30-28-66-26-24-54(76(63,64)53-46(60)70-35-37-21-17-14-18-22-37)41(43(57)73-49(7,8)9)51-44(58)74-50(10,11)12/h13-22,38-39,41H,23-35H2,1-12H3,(H,51,58)(H,52,59)(H,53,60). The second-order valence-corrected chi connectivity index (χ2v) is 24.3. The van der Waals surface area contributed by atoms with Crippen molar-refractivity contribution in [2.24, 2.45) is 5.92 Å². The highest BCUT2D eigenvalue weighted by molar-refractivity contribution is 7.90. The van der Waals surface area contributed by atoms with Gasteiger partial charge < -0.3 is 47.4 Å². The van der Waals surface area contributed by atoms with Crippen molar-refractivity contribution in [3.8, 4) is 0 Å². The normalized spacial score (nSPS) is 13.6. The predicted molar refractivity (Wildman–Crippen MR) is 275 cm³/mol. The van der Waals surface area contributed by atoms with Crippen LogP contribution in [-0.4, -0.2) is 151 Å². The van der Waals surface area contributed by atoms with E-state index in [2.05, 4.69) is 5.32 Å². The smallest absolute Gasteiger partial charge is 0.422 e. The van der Waals surface area contributed by atoms with Crippen molar-refractivity contribution >= 4 is 56.4 Å². The summed E-state index contributed by atoms with van der Waals surface area (Å²) in [5.41, 5.74) is -3.07. The van der Waals surface area contributed by atoms with Crippen LogP contribution in [0.3, 0.4) is 0 Å². The van der Waals surface area contributed by atoms with Crippen LogP contribution >= 0.6 is 0 Å². The number of nitrogens with one attached hydrogen (secondary N) is 3. The van der Waals surface area contributed by atoms with Crippen LogP contribution in [0.5, 0.6) is 0 Å². The summed E-state index contributed by atoms with van der Waals surface area (Å²) < 4.78 is 114. The van der Waals surface area contributed by atoms with Gasteiger partial charge in [-0.25, -0.2) is 37.0 Å². The van der Waals surface area contributed by atoms with E-state index in [1.807, 2.05) is 4.72 Å². The van der Waals surface area contributed by atoms with Gasteiger partial charge in [-0.2, -0.15) is 8.42 Å². The van der Waals surface area contributed by atoms with E-state index in [9.17, 15) is 45.6 Å². The number of nitrogens with zero attached hydrogens (tertiary/aromatic N) is 1. The Balaban J connectivity index is 2.03. The number of amides is 3. The fourth-order valence-corrected chi connectivity index (χ4v) is 8.88.